The largest absolute Gasteiger partial charge is 0.351 e. The molecular weight excluding hydrogens is 292 g/mol. The minimum absolute atomic E-state index is 0.0409. The Balaban J connectivity index is 1.69. The summed E-state index contributed by atoms with van der Waals surface area (Å²) in [4.78, 5) is 11.8. The summed E-state index contributed by atoms with van der Waals surface area (Å²) in [6.45, 7) is 2.61. The molecule has 2 rings (SSSR count). The molecule has 0 aliphatic heterocycles. The summed E-state index contributed by atoms with van der Waals surface area (Å²) in [5.41, 5.74) is 4.10. The van der Waals surface area contributed by atoms with Crippen LogP contribution in [0.3, 0.4) is 0 Å². The Labute approximate surface area is 135 Å². The molecule has 4 heteroatoms. The van der Waals surface area contributed by atoms with Crippen molar-refractivity contribution in [2.75, 3.05) is 5.75 Å². The van der Waals surface area contributed by atoms with Crippen LogP contribution >= 0.6 is 11.8 Å². The minimum atomic E-state index is 0.0409. The third kappa shape index (κ3) is 5.27. The molecule has 0 atom stereocenters. The molecule has 0 spiro atoms. The molecule has 0 fully saturated rings. The van der Waals surface area contributed by atoms with Gasteiger partial charge in [-0.1, -0.05) is 42.0 Å². The number of hydrogen-bond acceptors (Lipinski definition) is 3. The number of thioether (sulfide) groups is 1. The summed E-state index contributed by atoms with van der Waals surface area (Å²) < 4.78 is 0. The summed E-state index contributed by atoms with van der Waals surface area (Å²) in [7, 11) is 0. The monoisotopic (exact) mass is 310 g/mol. The number of nitriles is 1. The molecule has 0 radical (unpaired) electrons. The van der Waals surface area contributed by atoms with Crippen LogP contribution in [0, 0.1) is 18.3 Å². The van der Waals surface area contributed by atoms with Crippen LogP contribution in [-0.4, -0.2) is 11.7 Å². The number of rotatable bonds is 6. The Morgan fingerprint density at radius 3 is 2.36 bits per heavy atom. The first kappa shape index (κ1) is 16.1. The number of carbonyl (C=O) groups is 1. The predicted molar refractivity (Wildman–Crippen MR) is 90.3 cm³/mol. The highest BCUT2D eigenvalue weighted by Gasteiger charge is 2.02. The van der Waals surface area contributed by atoms with Gasteiger partial charge in [-0.3, -0.25) is 4.79 Å². The fraction of sp³-hybridized carbons (Fsp3) is 0.222. The van der Waals surface area contributed by atoms with Crippen molar-refractivity contribution in [3.8, 4) is 6.07 Å². The van der Waals surface area contributed by atoms with E-state index < -0.39 is 0 Å². The van der Waals surface area contributed by atoms with Crippen molar-refractivity contribution in [2.24, 2.45) is 0 Å². The molecule has 0 bridgehead atoms. The Kier molecular flexibility index (Phi) is 6.05. The van der Waals surface area contributed by atoms with Gasteiger partial charge in [0.05, 0.1) is 17.4 Å². The predicted octanol–water partition coefficient (Wildman–Crippen LogP) is 3.42. The standard InChI is InChI=1S/C18H18N2OS/c1-14-2-4-16(5-3-14)11-20-18(21)13-22-12-17-8-6-15(10-19)7-9-17/h2-9H,11-13H2,1H3,(H,20,21). The summed E-state index contributed by atoms with van der Waals surface area (Å²) in [5.74, 6) is 1.24. The summed E-state index contributed by atoms with van der Waals surface area (Å²) in [6, 6.07) is 17.7. The van der Waals surface area contributed by atoms with Gasteiger partial charge >= 0.3 is 0 Å². The van der Waals surface area contributed by atoms with Gasteiger partial charge in [0.15, 0.2) is 0 Å². The first-order valence-corrected chi connectivity index (χ1v) is 8.22. The summed E-state index contributed by atoms with van der Waals surface area (Å²) >= 11 is 1.57. The van der Waals surface area contributed by atoms with E-state index in [1.54, 1.807) is 23.9 Å². The van der Waals surface area contributed by atoms with Gasteiger partial charge in [-0.05, 0) is 30.2 Å². The van der Waals surface area contributed by atoms with Crippen molar-refractivity contribution >= 4 is 17.7 Å². The van der Waals surface area contributed by atoms with Gasteiger partial charge in [0.1, 0.15) is 0 Å². The van der Waals surface area contributed by atoms with Gasteiger partial charge in [-0.2, -0.15) is 5.26 Å². The quantitative estimate of drug-likeness (QED) is 0.889. The number of nitrogens with one attached hydrogen (secondary N) is 1. The number of hydrogen-bond donors (Lipinski definition) is 1. The van der Waals surface area contributed by atoms with Crippen LogP contribution in [0.25, 0.3) is 0 Å². The number of nitrogens with zero attached hydrogens (tertiary/aromatic N) is 1. The molecule has 0 saturated carbocycles. The zero-order chi connectivity index (χ0) is 15.8. The van der Waals surface area contributed by atoms with E-state index in [-0.39, 0.29) is 5.91 Å². The van der Waals surface area contributed by atoms with Crippen molar-refractivity contribution < 1.29 is 4.79 Å². The van der Waals surface area contributed by atoms with Gasteiger partial charge in [-0.25, -0.2) is 0 Å². The smallest absolute Gasteiger partial charge is 0.230 e. The first-order chi connectivity index (χ1) is 10.7. The Morgan fingerprint density at radius 2 is 1.73 bits per heavy atom. The maximum absolute atomic E-state index is 11.8. The van der Waals surface area contributed by atoms with E-state index in [2.05, 4.69) is 11.4 Å². The number of carbonyl (C=O) groups excluding carboxylic acids is 1. The van der Waals surface area contributed by atoms with Gasteiger partial charge in [0.2, 0.25) is 5.91 Å². The van der Waals surface area contributed by atoms with E-state index in [1.165, 1.54) is 5.56 Å². The maximum Gasteiger partial charge on any atom is 0.230 e. The zero-order valence-corrected chi connectivity index (χ0v) is 13.3. The second-order valence-electron chi connectivity index (χ2n) is 5.06. The third-order valence-corrected chi connectivity index (χ3v) is 4.20. The number of aryl methyl sites for hydroxylation is 1. The van der Waals surface area contributed by atoms with Crippen LogP contribution in [0.15, 0.2) is 48.5 Å². The van der Waals surface area contributed by atoms with Crippen molar-refractivity contribution in [2.45, 2.75) is 19.2 Å². The zero-order valence-electron chi connectivity index (χ0n) is 12.5. The third-order valence-electron chi connectivity index (χ3n) is 3.20. The van der Waals surface area contributed by atoms with Crippen molar-refractivity contribution in [3.63, 3.8) is 0 Å². The highest BCUT2D eigenvalue weighted by atomic mass is 32.2. The molecule has 0 aliphatic carbocycles. The van der Waals surface area contributed by atoms with Crippen molar-refractivity contribution in [1.82, 2.24) is 5.32 Å². The average Bonchev–Trinajstić information content (AvgIpc) is 2.55. The van der Waals surface area contributed by atoms with Crippen molar-refractivity contribution in [1.29, 1.82) is 5.26 Å². The number of amides is 1. The highest BCUT2D eigenvalue weighted by Crippen LogP contribution is 2.12. The van der Waals surface area contributed by atoms with Crippen LogP contribution in [0.4, 0.5) is 0 Å². The van der Waals surface area contributed by atoms with E-state index in [9.17, 15) is 4.79 Å². The van der Waals surface area contributed by atoms with E-state index in [1.807, 2.05) is 43.3 Å². The van der Waals surface area contributed by atoms with E-state index in [4.69, 9.17) is 5.26 Å². The Hall–Kier alpha value is -2.25. The van der Waals surface area contributed by atoms with Crippen LogP contribution in [-0.2, 0) is 17.1 Å². The van der Waals surface area contributed by atoms with Crippen LogP contribution in [0.5, 0.6) is 0 Å². The number of benzene rings is 2. The van der Waals surface area contributed by atoms with Crippen LogP contribution in [0.1, 0.15) is 22.3 Å². The molecule has 0 aromatic heterocycles. The molecular formula is C18H18N2OS. The lowest BCUT2D eigenvalue weighted by Gasteiger charge is -2.06. The molecule has 2 aromatic carbocycles. The van der Waals surface area contributed by atoms with Crippen LogP contribution in [0.2, 0.25) is 0 Å². The molecule has 112 valence electrons. The molecule has 0 heterocycles. The molecule has 0 aliphatic rings. The van der Waals surface area contributed by atoms with Gasteiger partial charge < -0.3 is 5.32 Å². The van der Waals surface area contributed by atoms with Gasteiger partial charge in [-0.15, -0.1) is 11.8 Å². The maximum atomic E-state index is 11.8. The molecule has 0 saturated heterocycles. The fourth-order valence-electron chi connectivity index (χ4n) is 1.89. The molecule has 1 N–H and O–H groups in total. The molecule has 3 nitrogen and oxygen atoms in total. The summed E-state index contributed by atoms with van der Waals surface area (Å²) in [5, 5.41) is 11.7. The van der Waals surface area contributed by atoms with E-state index in [0.29, 0.717) is 17.9 Å². The lowest BCUT2D eigenvalue weighted by Crippen LogP contribution is -2.24. The lowest BCUT2D eigenvalue weighted by atomic mass is 10.1. The molecule has 22 heavy (non-hydrogen) atoms. The molecule has 2 aromatic rings. The Morgan fingerprint density at radius 1 is 1.09 bits per heavy atom. The average molecular weight is 310 g/mol. The second-order valence-corrected chi connectivity index (χ2v) is 6.05. The fourth-order valence-corrected chi connectivity index (χ4v) is 2.71. The summed E-state index contributed by atoms with van der Waals surface area (Å²) in [6.07, 6.45) is 0. The second kappa shape index (κ2) is 8.26. The molecule has 1 amide bonds. The SMILES string of the molecule is Cc1ccc(CNC(=O)CSCc2ccc(C#N)cc2)cc1. The van der Waals surface area contributed by atoms with E-state index in [0.717, 1.165) is 16.9 Å². The van der Waals surface area contributed by atoms with Crippen LogP contribution < -0.4 is 5.32 Å². The topological polar surface area (TPSA) is 52.9 Å². The van der Waals surface area contributed by atoms with E-state index >= 15 is 0 Å². The minimum Gasteiger partial charge on any atom is -0.351 e. The van der Waals surface area contributed by atoms with Crippen molar-refractivity contribution in [3.05, 3.63) is 70.8 Å². The normalized spacial score (nSPS) is 10.0. The molecule has 0 unspecified atom stereocenters. The Bertz CT molecular complexity index is 657. The lowest BCUT2D eigenvalue weighted by molar-refractivity contribution is -0.118. The highest BCUT2D eigenvalue weighted by molar-refractivity contribution is 7.99. The van der Waals surface area contributed by atoms with Gasteiger partial charge in [0.25, 0.3) is 0 Å². The van der Waals surface area contributed by atoms with Gasteiger partial charge in [0, 0.05) is 12.3 Å². The first-order valence-electron chi connectivity index (χ1n) is 7.06.